The highest BCUT2D eigenvalue weighted by Gasteiger charge is 2.30. The summed E-state index contributed by atoms with van der Waals surface area (Å²) in [6.45, 7) is 5.73. The average Bonchev–Trinajstić information content (AvgIpc) is 3.19. The van der Waals surface area contributed by atoms with Crippen LogP contribution < -0.4 is 0 Å². The van der Waals surface area contributed by atoms with Gasteiger partial charge in [0.05, 0.1) is 0 Å². The number of aromatic nitrogens is 2. The van der Waals surface area contributed by atoms with Crippen molar-refractivity contribution in [2.45, 2.75) is 58.3 Å². The van der Waals surface area contributed by atoms with Gasteiger partial charge in [-0.05, 0) is 49.9 Å². The Morgan fingerprint density at radius 1 is 1.26 bits per heavy atom. The molecule has 1 unspecified atom stereocenters. The summed E-state index contributed by atoms with van der Waals surface area (Å²) in [5.74, 6) is 1.42. The molecule has 5 nitrogen and oxygen atoms in total. The van der Waals surface area contributed by atoms with Gasteiger partial charge in [-0.1, -0.05) is 31.8 Å². The molecule has 0 N–H and O–H groups in total. The van der Waals surface area contributed by atoms with E-state index in [2.05, 4.69) is 24.0 Å². The smallest absolute Gasteiger partial charge is 0.230 e. The van der Waals surface area contributed by atoms with E-state index in [9.17, 15) is 9.18 Å². The van der Waals surface area contributed by atoms with Crippen molar-refractivity contribution in [3.05, 3.63) is 36.0 Å². The molecule has 3 rings (SSSR count). The molecule has 146 valence electrons. The molecule has 27 heavy (non-hydrogen) atoms. The lowest BCUT2D eigenvalue weighted by molar-refractivity contribution is -0.137. The highest BCUT2D eigenvalue weighted by Crippen LogP contribution is 2.30. The molecule has 1 amide bonds. The Hall–Kier alpha value is -2.24. The van der Waals surface area contributed by atoms with Gasteiger partial charge in [0.2, 0.25) is 17.6 Å². The molecule has 6 heteroatoms. The number of hydrogen-bond donors (Lipinski definition) is 0. The highest BCUT2D eigenvalue weighted by molar-refractivity contribution is 5.78. The van der Waals surface area contributed by atoms with Crippen LogP contribution in [0.5, 0.6) is 0 Å². The van der Waals surface area contributed by atoms with Crippen LogP contribution >= 0.6 is 0 Å². The summed E-state index contributed by atoms with van der Waals surface area (Å²) in [6, 6.07) is 6.06. The molecule has 0 aliphatic carbocycles. The molecule has 1 aliphatic heterocycles. The van der Waals surface area contributed by atoms with Gasteiger partial charge in [0, 0.05) is 30.5 Å². The third kappa shape index (κ3) is 4.73. The number of carbonyl (C=O) groups is 1. The van der Waals surface area contributed by atoms with Gasteiger partial charge < -0.3 is 9.42 Å². The first kappa shape index (κ1) is 19.5. The van der Waals surface area contributed by atoms with Crippen molar-refractivity contribution in [3.8, 4) is 11.4 Å². The molecule has 0 bridgehead atoms. The maximum Gasteiger partial charge on any atom is 0.230 e. The second-order valence-corrected chi connectivity index (χ2v) is 7.31. The normalized spacial score (nSPS) is 16.5. The summed E-state index contributed by atoms with van der Waals surface area (Å²) in [4.78, 5) is 19.2. The van der Waals surface area contributed by atoms with Crippen LogP contribution in [0.3, 0.4) is 0 Å². The van der Waals surface area contributed by atoms with Gasteiger partial charge in [0.15, 0.2) is 0 Å². The van der Waals surface area contributed by atoms with Crippen molar-refractivity contribution in [3.63, 3.8) is 0 Å². The van der Waals surface area contributed by atoms with E-state index >= 15 is 0 Å². The number of halogens is 1. The van der Waals surface area contributed by atoms with Gasteiger partial charge in [-0.2, -0.15) is 4.98 Å². The van der Waals surface area contributed by atoms with Crippen LogP contribution in [-0.4, -0.2) is 34.0 Å². The molecular weight excluding hydrogens is 345 g/mol. The van der Waals surface area contributed by atoms with Crippen LogP contribution in [0.25, 0.3) is 11.4 Å². The number of hydrogen-bond acceptors (Lipinski definition) is 4. The zero-order valence-electron chi connectivity index (χ0n) is 16.2. The Morgan fingerprint density at radius 2 is 1.96 bits per heavy atom. The number of rotatable bonds is 7. The molecule has 2 heterocycles. The second kappa shape index (κ2) is 9.11. The van der Waals surface area contributed by atoms with E-state index < -0.39 is 0 Å². The lowest BCUT2D eigenvalue weighted by Crippen LogP contribution is -2.41. The SMILES string of the molecule is CCCCC(CC)C(=O)N1CCC(c2nc(-c3ccc(F)cc3)no2)CC1. The number of amides is 1. The third-order valence-electron chi connectivity index (χ3n) is 5.45. The standard InChI is InChI=1S/C21H28FN3O2/c1-3-5-6-15(4-2)21(26)25-13-11-17(12-14-25)20-23-19(24-27-20)16-7-9-18(22)10-8-16/h7-10,15,17H,3-6,11-14H2,1-2H3. The van der Waals surface area contributed by atoms with Gasteiger partial charge in [0.25, 0.3) is 0 Å². The van der Waals surface area contributed by atoms with Crippen LogP contribution in [0.2, 0.25) is 0 Å². The number of unbranched alkanes of at least 4 members (excludes halogenated alkanes) is 1. The lowest BCUT2D eigenvalue weighted by atomic mass is 9.93. The molecule has 1 fully saturated rings. The predicted molar refractivity (Wildman–Crippen MR) is 102 cm³/mol. The summed E-state index contributed by atoms with van der Waals surface area (Å²) >= 11 is 0. The maximum absolute atomic E-state index is 13.1. The number of benzene rings is 1. The van der Waals surface area contributed by atoms with Gasteiger partial charge in [0.1, 0.15) is 5.82 Å². The number of nitrogens with zero attached hydrogens (tertiary/aromatic N) is 3. The number of likely N-dealkylation sites (tertiary alicyclic amines) is 1. The molecule has 1 saturated heterocycles. The Bertz CT molecular complexity index is 736. The van der Waals surface area contributed by atoms with Crippen LogP contribution in [0.15, 0.2) is 28.8 Å². The third-order valence-corrected chi connectivity index (χ3v) is 5.45. The molecule has 1 aromatic heterocycles. The fraction of sp³-hybridized carbons (Fsp3) is 0.571. The Kier molecular flexibility index (Phi) is 6.58. The Morgan fingerprint density at radius 3 is 2.59 bits per heavy atom. The largest absolute Gasteiger partial charge is 0.342 e. The van der Waals surface area contributed by atoms with Crippen LogP contribution in [-0.2, 0) is 4.79 Å². The maximum atomic E-state index is 13.1. The molecule has 0 spiro atoms. The van der Waals surface area contributed by atoms with Gasteiger partial charge in [-0.25, -0.2) is 4.39 Å². The van der Waals surface area contributed by atoms with E-state index in [1.54, 1.807) is 12.1 Å². The summed E-state index contributed by atoms with van der Waals surface area (Å²) in [7, 11) is 0. The molecule has 0 radical (unpaired) electrons. The quantitative estimate of drug-likeness (QED) is 0.699. The Labute approximate surface area is 159 Å². The molecule has 1 aromatic carbocycles. The summed E-state index contributed by atoms with van der Waals surface area (Å²) in [5.41, 5.74) is 0.737. The average molecular weight is 373 g/mol. The first-order valence-corrected chi connectivity index (χ1v) is 10.0. The summed E-state index contributed by atoms with van der Waals surface area (Å²) in [5, 5.41) is 4.03. The summed E-state index contributed by atoms with van der Waals surface area (Å²) < 4.78 is 18.5. The van der Waals surface area contributed by atoms with Crippen molar-refractivity contribution in [2.24, 2.45) is 5.92 Å². The van der Waals surface area contributed by atoms with Crippen molar-refractivity contribution >= 4 is 5.91 Å². The van der Waals surface area contributed by atoms with Crippen molar-refractivity contribution in [2.75, 3.05) is 13.1 Å². The lowest BCUT2D eigenvalue weighted by Gasteiger charge is -2.33. The first-order valence-electron chi connectivity index (χ1n) is 10.0. The first-order chi connectivity index (χ1) is 13.1. The van der Waals surface area contributed by atoms with E-state index in [-0.39, 0.29) is 17.7 Å². The van der Waals surface area contributed by atoms with Crippen LogP contribution in [0, 0.1) is 11.7 Å². The van der Waals surface area contributed by atoms with Crippen LogP contribution in [0.1, 0.15) is 64.2 Å². The zero-order chi connectivity index (χ0) is 19.2. The fourth-order valence-corrected chi connectivity index (χ4v) is 3.68. The minimum Gasteiger partial charge on any atom is -0.342 e. The van der Waals surface area contributed by atoms with Gasteiger partial charge in [-0.15, -0.1) is 0 Å². The van der Waals surface area contributed by atoms with Crippen molar-refractivity contribution < 1.29 is 13.7 Å². The molecule has 1 aliphatic rings. The van der Waals surface area contributed by atoms with E-state index in [4.69, 9.17) is 4.52 Å². The topological polar surface area (TPSA) is 59.2 Å². The predicted octanol–water partition coefficient (Wildman–Crippen LogP) is 4.80. The van der Waals surface area contributed by atoms with Crippen molar-refractivity contribution in [1.29, 1.82) is 0 Å². The van der Waals surface area contributed by atoms with Crippen LogP contribution in [0.4, 0.5) is 4.39 Å². The minimum atomic E-state index is -0.288. The van der Waals surface area contributed by atoms with E-state index in [1.807, 2.05) is 4.90 Å². The van der Waals surface area contributed by atoms with Gasteiger partial charge in [-0.3, -0.25) is 4.79 Å². The van der Waals surface area contributed by atoms with Gasteiger partial charge >= 0.3 is 0 Å². The molecular formula is C21H28FN3O2. The molecule has 0 saturated carbocycles. The summed E-state index contributed by atoms with van der Waals surface area (Å²) in [6.07, 6.45) is 5.79. The Balaban J connectivity index is 1.58. The van der Waals surface area contributed by atoms with E-state index in [0.29, 0.717) is 17.6 Å². The molecule has 2 aromatic rings. The van der Waals surface area contributed by atoms with E-state index in [0.717, 1.165) is 57.2 Å². The molecule has 1 atom stereocenters. The zero-order valence-corrected chi connectivity index (χ0v) is 16.2. The van der Waals surface area contributed by atoms with E-state index in [1.165, 1.54) is 12.1 Å². The highest BCUT2D eigenvalue weighted by atomic mass is 19.1. The van der Waals surface area contributed by atoms with Crippen molar-refractivity contribution in [1.82, 2.24) is 15.0 Å². The fourth-order valence-electron chi connectivity index (χ4n) is 3.68. The monoisotopic (exact) mass is 373 g/mol. The number of piperidine rings is 1. The minimum absolute atomic E-state index is 0.148. The number of carbonyl (C=O) groups excluding carboxylic acids is 1. The second-order valence-electron chi connectivity index (χ2n) is 7.31.